The summed E-state index contributed by atoms with van der Waals surface area (Å²) < 4.78 is 27.7. The molecule has 0 spiro atoms. The molecule has 2 rings (SSSR count). The minimum atomic E-state index is -0.882. The molecule has 0 fully saturated rings. The van der Waals surface area contributed by atoms with Crippen LogP contribution in [0.3, 0.4) is 0 Å². The summed E-state index contributed by atoms with van der Waals surface area (Å²) in [5.74, 6) is -1.05. The Labute approximate surface area is 97.3 Å². The molecule has 0 atom stereocenters. The Kier molecular flexibility index (Phi) is 3.19. The fraction of sp³-hybridized carbons (Fsp3) is 0.250. The summed E-state index contributed by atoms with van der Waals surface area (Å²) in [6, 6.07) is 3.72. The molecule has 0 saturated carbocycles. The number of aromatic nitrogens is 2. The Morgan fingerprint density at radius 2 is 2.06 bits per heavy atom. The lowest BCUT2D eigenvalue weighted by molar-refractivity contribution is 0.295. The molecule has 0 unspecified atom stereocenters. The van der Waals surface area contributed by atoms with Crippen molar-refractivity contribution < 1.29 is 13.9 Å². The molecule has 90 valence electrons. The second kappa shape index (κ2) is 4.63. The molecule has 0 aliphatic rings. The van der Waals surface area contributed by atoms with Gasteiger partial charge >= 0.3 is 0 Å². The van der Waals surface area contributed by atoms with Crippen molar-refractivity contribution in [3.8, 4) is 11.3 Å². The van der Waals surface area contributed by atoms with Crippen LogP contribution >= 0.6 is 0 Å². The number of halogens is 2. The third-order valence-corrected chi connectivity index (χ3v) is 2.64. The van der Waals surface area contributed by atoms with Crippen molar-refractivity contribution >= 4 is 0 Å². The highest BCUT2D eigenvalue weighted by atomic mass is 19.2. The minimum Gasteiger partial charge on any atom is -0.396 e. The molecule has 1 heterocycles. The first kappa shape index (κ1) is 11.7. The smallest absolute Gasteiger partial charge is 0.159 e. The standard InChI is InChI=1S/C12H12F2N2O/c1-16-11(7-15-12(16)4-5-17)8-2-3-9(13)10(14)6-8/h2-3,6-7,17H,4-5H2,1H3. The van der Waals surface area contributed by atoms with Gasteiger partial charge in [-0.25, -0.2) is 13.8 Å². The summed E-state index contributed by atoms with van der Waals surface area (Å²) in [5.41, 5.74) is 1.25. The summed E-state index contributed by atoms with van der Waals surface area (Å²) in [7, 11) is 1.77. The molecule has 0 amide bonds. The van der Waals surface area contributed by atoms with Gasteiger partial charge in [-0.15, -0.1) is 0 Å². The number of hydrogen-bond acceptors (Lipinski definition) is 2. The van der Waals surface area contributed by atoms with Crippen molar-refractivity contribution in [2.24, 2.45) is 7.05 Å². The van der Waals surface area contributed by atoms with Crippen molar-refractivity contribution in [1.29, 1.82) is 0 Å². The van der Waals surface area contributed by atoms with E-state index < -0.39 is 11.6 Å². The summed E-state index contributed by atoms with van der Waals surface area (Å²) in [4.78, 5) is 4.12. The van der Waals surface area contributed by atoms with Gasteiger partial charge in [-0.1, -0.05) is 0 Å². The largest absolute Gasteiger partial charge is 0.396 e. The highest BCUT2D eigenvalue weighted by Crippen LogP contribution is 2.22. The van der Waals surface area contributed by atoms with Crippen molar-refractivity contribution in [3.05, 3.63) is 41.9 Å². The highest BCUT2D eigenvalue weighted by molar-refractivity contribution is 5.59. The van der Waals surface area contributed by atoms with Gasteiger partial charge in [-0.05, 0) is 18.2 Å². The third kappa shape index (κ3) is 2.19. The fourth-order valence-electron chi connectivity index (χ4n) is 1.70. The summed E-state index contributed by atoms with van der Waals surface area (Å²) in [6.45, 7) is 0.00206. The van der Waals surface area contributed by atoms with Crippen LogP contribution in [-0.2, 0) is 13.5 Å². The predicted molar refractivity (Wildman–Crippen MR) is 59.3 cm³/mol. The van der Waals surface area contributed by atoms with Crippen molar-refractivity contribution in [2.75, 3.05) is 6.61 Å². The molecule has 1 aromatic heterocycles. The van der Waals surface area contributed by atoms with E-state index in [1.807, 2.05) is 0 Å². The number of benzene rings is 1. The number of imidazole rings is 1. The monoisotopic (exact) mass is 238 g/mol. The summed E-state index contributed by atoms with van der Waals surface area (Å²) >= 11 is 0. The van der Waals surface area contributed by atoms with E-state index in [2.05, 4.69) is 4.98 Å². The minimum absolute atomic E-state index is 0.00206. The summed E-state index contributed by atoms with van der Waals surface area (Å²) in [6.07, 6.45) is 2.01. The zero-order valence-electron chi connectivity index (χ0n) is 9.32. The Balaban J connectivity index is 2.42. The second-order valence-corrected chi connectivity index (χ2v) is 3.72. The fourth-order valence-corrected chi connectivity index (χ4v) is 1.70. The zero-order valence-corrected chi connectivity index (χ0v) is 9.32. The summed E-state index contributed by atoms with van der Waals surface area (Å²) in [5, 5.41) is 8.84. The van der Waals surface area contributed by atoms with Gasteiger partial charge in [-0.3, -0.25) is 0 Å². The maximum Gasteiger partial charge on any atom is 0.159 e. The van der Waals surface area contributed by atoms with E-state index in [-0.39, 0.29) is 6.61 Å². The molecule has 0 radical (unpaired) electrons. The van der Waals surface area contributed by atoms with E-state index in [9.17, 15) is 8.78 Å². The molecule has 17 heavy (non-hydrogen) atoms. The van der Waals surface area contributed by atoms with E-state index in [0.717, 1.165) is 12.1 Å². The third-order valence-electron chi connectivity index (χ3n) is 2.64. The number of hydrogen-bond donors (Lipinski definition) is 1. The average Bonchev–Trinajstić information content (AvgIpc) is 2.66. The van der Waals surface area contributed by atoms with Gasteiger partial charge < -0.3 is 9.67 Å². The van der Waals surface area contributed by atoms with Gasteiger partial charge in [0.15, 0.2) is 11.6 Å². The first-order valence-corrected chi connectivity index (χ1v) is 5.20. The average molecular weight is 238 g/mol. The first-order chi connectivity index (χ1) is 8.13. The number of nitrogens with zero attached hydrogens (tertiary/aromatic N) is 2. The molecule has 1 aromatic carbocycles. The Morgan fingerprint density at radius 1 is 1.29 bits per heavy atom. The van der Waals surface area contributed by atoms with E-state index in [1.165, 1.54) is 6.07 Å². The topological polar surface area (TPSA) is 38.0 Å². The molecule has 3 nitrogen and oxygen atoms in total. The highest BCUT2D eigenvalue weighted by Gasteiger charge is 2.10. The number of aliphatic hydroxyl groups excluding tert-OH is 1. The molecule has 5 heteroatoms. The Bertz CT molecular complexity index is 537. The zero-order chi connectivity index (χ0) is 12.4. The van der Waals surface area contributed by atoms with Crippen molar-refractivity contribution in [1.82, 2.24) is 9.55 Å². The second-order valence-electron chi connectivity index (χ2n) is 3.72. The van der Waals surface area contributed by atoms with Crippen LogP contribution in [0.4, 0.5) is 8.78 Å². The molecule has 0 aliphatic heterocycles. The molecule has 0 aliphatic carbocycles. The lowest BCUT2D eigenvalue weighted by atomic mass is 10.1. The van der Waals surface area contributed by atoms with E-state index in [4.69, 9.17) is 5.11 Å². The van der Waals surface area contributed by atoms with Crippen LogP contribution in [0.25, 0.3) is 11.3 Å². The Hall–Kier alpha value is -1.75. The van der Waals surface area contributed by atoms with Crippen LogP contribution in [0.2, 0.25) is 0 Å². The van der Waals surface area contributed by atoms with E-state index in [1.54, 1.807) is 17.8 Å². The Morgan fingerprint density at radius 3 is 2.71 bits per heavy atom. The molecule has 0 bridgehead atoms. The van der Waals surface area contributed by atoms with Crippen LogP contribution in [0.1, 0.15) is 5.82 Å². The van der Waals surface area contributed by atoms with Gasteiger partial charge in [0.25, 0.3) is 0 Å². The number of aliphatic hydroxyl groups is 1. The van der Waals surface area contributed by atoms with E-state index in [0.29, 0.717) is 23.5 Å². The van der Waals surface area contributed by atoms with Crippen LogP contribution < -0.4 is 0 Å². The van der Waals surface area contributed by atoms with Crippen LogP contribution in [0, 0.1) is 11.6 Å². The van der Waals surface area contributed by atoms with Gasteiger partial charge in [0, 0.05) is 19.0 Å². The lowest BCUT2D eigenvalue weighted by Crippen LogP contribution is -2.02. The first-order valence-electron chi connectivity index (χ1n) is 5.20. The van der Waals surface area contributed by atoms with Crippen LogP contribution in [0.15, 0.2) is 24.4 Å². The van der Waals surface area contributed by atoms with Crippen LogP contribution in [0.5, 0.6) is 0 Å². The quantitative estimate of drug-likeness (QED) is 0.886. The molecule has 2 aromatic rings. The molecule has 1 N–H and O–H groups in total. The van der Waals surface area contributed by atoms with Gasteiger partial charge in [0.2, 0.25) is 0 Å². The van der Waals surface area contributed by atoms with Gasteiger partial charge in [0.1, 0.15) is 5.82 Å². The maximum atomic E-state index is 13.1. The molecular weight excluding hydrogens is 226 g/mol. The maximum absolute atomic E-state index is 13.1. The molecular formula is C12H12F2N2O. The van der Waals surface area contributed by atoms with Gasteiger partial charge in [-0.2, -0.15) is 0 Å². The molecule has 0 saturated heterocycles. The van der Waals surface area contributed by atoms with Gasteiger partial charge in [0.05, 0.1) is 18.5 Å². The lowest BCUT2D eigenvalue weighted by Gasteiger charge is -2.05. The normalized spacial score (nSPS) is 10.8. The number of rotatable bonds is 3. The predicted octanol–water partition coefficient (Wildman–Crippen LogP) is 1.90. The van der Waals surface area contributed by atoms with E-state index >= 15 is 0 Å². The van der Waals surface area contributed by atoms with Crippen molar-refractivity contribution in [2.45, 2.75) is 6.42 Å². The SMILES string of the molecule is Cn1c(-c2ccc(F)c(F)c2)cnc1CCO. The van der Waals surface area contributed by atoms with Crippen LogP contribution in [-0.4, -0.2) is 21.3 Å². The van der Waals surface area contributed by atoms with Crippen molar-refractivity contribution in [3.63, 3.8) is 0 Å².